The van der Waals surface area contributed by atoms with E-state index in [1.54, 1.807) is 11.1 Å². The topological polar surface area (TPSA) is 30.3 Å². The second-order valence-corrected chi connectivity index (χ2v) is 5.40. The summed E-state index contributed by atoms with van der Waals surface area (Å²) in [4.78, 5) is 6.10. The van der Waals surface area contributed by atoms with Gasteiger partial charge in [0, 0.05) is 44.1 Å². The Bertz CT molecular complexity index is 612. The minimum atomic E-state index is -0.386. The van der Waals surface area contributed by atoms with Crippen LogP contribution in [0.5, 0.6) is 0 Å². The molecule has 1 atom stereocenters. The number of ether oxygens (including phenoxy) is 1. The summed E-state index contributed by atoms with van der Waals surface area (Å²) in [6, 6.07) is 7.52. The van der Waals surface area contributed by atoms with E-state index in [1.165, 1.54) is 0 Å². The van der Waals surface area contributed by atoms with E-state index in [0.717, 1.165) is 11.4 Å². The van der Waals surface area contributed by atoms with Gasteiger partial charge in [-0.1, -0.05) is 23.7 Å². The fourth-order valence-corrected chi connectivity index (χ4v) is 2.07. The summed E-state index contributed by atoms with van der Waals surface area (Å²) in [6.07, 6.45) is 3.22. The summed E-state index contributed by atoms with van der Waals surface area (Å²) in [5.74, 6) is 0.775. The first-order valence-electron chi connectivity index (χ1n) is 6.09. The lowest BCUT2D eigenvalue weighted by atomic mass is 10.1. The van der Waals surface area contributed by atoms with E-state index in [-0.39, 0.29) is 6.10 Å². The third-order valence-corrected chi connectivity index (χ3v) is 3.52. The van der Waals surface area contributed by atoms with Gasteiger partial charge in [-0.05, 0) is 24.4 Å². The lowest BCUT2D eigenvalue weighted by Crippen LogP contribution is -2.26. The number of benzene rings is 1. The first-order chi connectivity index (χ1) is 9.49. The number of aryl methyl sites for hydroxylation is 1. The Morgan fingerprint density at radius 3 is 2.75 bits per heavy atom. The quantitative estimate of drug-likeness (QED) is 0.815. The summed E-state index contributed by atoms with van der Waals surface area (Å²) < 4.78 is 7.80. The molecule has 2 rings (SSSR count). The summed E-state index contributed by atoms with van der Waals surface area (Å²) in [7, 11) is 5.60. The highest BCUT2D eigenvalue weighted by atomic mass is 35.5. The van der Waals surface area contributed by atoms with Crippen LogP contribution in [-0.4, -0.2) is 33.7 Å². The van der Waals surface area contributed by atoms with Gasteiger partial charge in [-0.3, -0.25) is 0 Å². The van der Waals surface area contributed by atoms with Crippen LogP contribution in [0.25, 0.3) is 0 Å². The van der Waals surface area contributed by atoms with Crippen LogP contribution in [0.4, 0.5) is 0 Å². The van der Waals surface area contributed by atoms with E-state index in [0.29, 0.717) is 10.2 Å². The Morgan fingerprint density at radius 1 is 1.45 bits per heavy atom. The molecule has 0 aliphatic rings. The van der Waals surface area contributed by atoms with Crippen LogP contribution >= 0.6 is 23.8 Å². The molecule has 0 saturated carbocycles. The number of imidazole rings is 1. The number of aromatic nitrogens is 2. The molecule has 1 heterocycles. The van der Waals surface area contributed by atoms with Gasteiger partial charge in [-0.15, -0.1) is 0 Å². The van der Waals surface area contributed by atoms with E-state index in [4.69, 9.17) is 28.6 Å². The van der Waals surface area contributed by atoms with Crippen molar-refractivity contribution in [1.82, 2.24) is 14.5 Å². The number of nitrogens with zero attached hydrogens (tertiary/aromatic N) is 3. The lowest BCUT2D eigenvalue weighted by molar-refractivity contribution is 0.195. The van der Waals surface area contributed by atoms with Crippen LogP contribution in [0.3, 0.4) is 0 Å². The molecular formula is C14H16ClN3OS. The van der Waals surface area contributed by atoms with Gasteiger partial charge in [0.15, 0.2) is 11.9 Å². The number of hydrogen-bond acceptors (Lipinski definition) is 3. The first-order valence-corrected chi connectivity index (χ1v) is 6.88. The molecule has 2 aromatic rings. The van der Waals surface area contributed by atoms with E-state index in [1.807, 2.05) is 56.2 Å². The van der Waals surface area contributed by atoms with Gasteiger partial charge in [-0.2, -0.15) is 0 Å². The number of halogens is 1. The zero-order valence-corrected chi connectivity index (χ0v) is 13.1. The smallest absolute Gasteiger partial charge is 0.259 e. The van der Waals surface area contributed by atoms with Crippen molar-refractivity contribution in [2.75, 3.05) is 14.1 Å². The molecule has 0 radical (unpaired) electrons. The predicted octanol–water partition coefficient (Wildman–Crippen LogP) is 3.03. The van der Waals surface area contributed by atoms with Crippen molar-refractivity contribution in [2.45, 2.75) is 6.10 Å². The van der Waals surface area contributed by atoms with Gasteiger partial charge in [0.05, 0.1) is 0 Å². The Balaban J connectivity index is 2.39. The molecular weight excluding hydrogens is 294 g/mol. The van der Waals surface area contributed by atoms with E-state index in [9.17, 15) is 0 Å². The maximum atomic E-state index is 6.06. The minimum absolute atomic E-state index is 0.386. The van der Waals surface area contributed by atoms with Crippen molar-refractivity contribution in [3.05, 3.63) is 53.1 Å². The lowest BCUT2D eigenvalue weighted by Gasteiger charge is -2.23. The maximum Gasteiger partial charge on any atom is 0.259 e. The van der Waals surface area contributed by atoms with E-state index in [2.05, 4.69) is 4.98 Å². The molecule has 0 N–H and O–H groups in total. The number of rotatable bonds is 3. The summed E-state index contributed by atoms with van der Waals surface area (Å²) in [6.45, 7) is 0. The molecule has 106 valence electrons. The Hall–Kier alpha value is -1.59. The largest absolute Gasteiger partial charge is 0.454 e. The highest BCUT2D eigenvalue weighted by Crippen LogP contribution is 2.27. The molecule has 0 fully saturated rings. The monoisotopic (exact) mass is 309 g/mol. The summed E-state index contributed by atoms with van der Waals surface area (Å²) >= 11 is 11.3. The molecule has 20 heavy (non-hydrogen) atoms. The van der Waals surface area contributed by atoms with Crippen LogP contribution in [0.2, 0.25) is 5.02 Å². The van der Waals surface area contributed by atoms with E-state index >= 15 is 0 Å². The molecule has 1 aromatic heterocycles. The highest BCUT2D eigenvalue weighted by molar-refractivity contribution is 7.80. The van der Waals surface area contributed by atoms with Gasteiger partial charge in [-0.25, -0.2) is 4.98 Å². The predicted molar refractivity (Wildman–Crippen MR) is 83.9 cm³/mol. The highest BCUT2D eigenvalue weighted by Gasteiger charge is 2.22. The van der Waals surface area contributed by atoms with Crippen molar-refractivity contribution in [3.63, 3.8) is 0 Å². The summed E-state index contributed by atoms with van der Waals surface area (Å²) in [5, 5.41) is 1.05. The van der Waals surface area contributed by atoms with Gasteiger partial charge in [0.2, 0.25) is 0 Å². The zero-order valence-electron chi connectivity index (χ0n) is 11.6. The Labute approximate surface area is 128 Å². The van der Waals surface area contributed by atoms with Crippen molar-refractivity contribution in [3.8, 4) is 0 Å². The van der Waals surface area contributed by atoms with Crippen molar-refractivity contribution < 1.29 is 4.74 Å². The number of hydrogen-bond donors (Lipinski definition) is 0. The third kappa shape index (κ3) is 3.29. The van der Waals surface area contributed by atoms with Crippen molar-refractivity contribution >= 4 is 29.0 Å². The average Bonchev–Trinajstić information content (AvgIpc) is 2.81. The molecule has 0 aliphatic carbocycles. The molecule has 6 heteroatoms. The van der Waals surface area contributed by atoms with Crippen molar-refractivity contribution in [2.24, 2.45) is 7.05 Å². The molecule has 0 bridgehead atoms. The molecule has 4 nitrogen and oxygen atoms in total. The van der Waals surface area contributed by atoms with Crippen LogP contribution in [-0.2, 0) is 11.8 Å². The van der Waals surface area contributed by atoms with Gasteiger partial charge >= 0.3 is 0 Å². The summed E-state index contributed by atoms with van der Waals surface area (Å²) in [5.41, 5.74) is 0.913. The van der Waals surface area contributed by atoms with Crippen LogP contribution in [0, 0.1) is 0 Å². The number of thiocarbonyl (C=S) groups is 1. The second-order valence-electron chi connectivity index (χ2n) is 4.61. The molecule has 0 aliphatic heterocycles. The third-order valence-electron chi connectivity index (χ3n) is 2.83. The Morgan fingerprint density at radius 2 is 2.20 bits per heavy atom. The zero-order chi connectivity index (χ0) is 14.7. The van der Waals surface area contributed by atoms with Gasteiger partial charge < -0.3 is 14.2 Å². The molecule has 1 unspecified atom stereocenters. The maximum absolute atomic E-state index is 6.06. The van der Waals surface area contributed by atoms with E-state index < -0.39 is 0 Å². The van der Waals surface area contributed by atoms with Gasteiger partial charge in [0.25, 0.3) is 5.17 Å². The van der Waals surface area contributed by atoms with Gasteiger partial charge in [0.1, 0.15) is 0 Å². The SMILES string of the molecule is CN(C)C(=S)OC(c1cccc(Cl)c1)c1nccn1C. The molecule has 0 saturated heterocycles. The minimum Gasteiger partial charge on any atom is -0.454 e. The molecule has 0 spiro atoms. The molecule has 0 amide bonds. The fourth-order valence-electron chi connectivity index (χ4n) is 1.78. The van der Waals surface area contributed by atoms with Crippen LogP contribution < -0.4 is 0 Å². The standard InChI is InChI=1S/C14H16ClN3OS/c1-17(2)14(20)19-12(13-16-7-8-18(13)3)10-5-4-6-11(15)9-10/h4-9,12H,1-3H3. The van der Waals surface area contributed by atoms with Crippen molar-refractivity contribution in [1.29, 1.82) is 0 Å². The fraction of sp³-hybridized carbons (Fsp3) is 0.286. The van der Waals surface area contributed by atoms with Crippen LogP contribution in [0.1, 0.15) is 17.5 Å². The second kappa shape index (κ2) is 6.24. The van der Waals surface area contributed by atoms with Crippen LogP contribution in [0.15, 0.2) is 36.7 Å². The average molecular weight is 310 g/mol. The Kier molecular flexibility index (Phi) is 4.62. The first kappa shape index (κ1) is 14.8. The normalized spacial score (nSPS) is 12.0. The molecule has 1 aromatic carbocycles.